The average molecular weight is 1200 g/mol. The number of fused-ring (bicyclic) bond motifs is 3. The lowest BCUT2D eigenvalue weighted by molar-refractivity contribution is 0.917. The van der Waals surface area contributed by atoms with Gasteiger partial charge in [0.15, 0.2) is 0 Å². The van der Waals surface area contributed by atoms with Gasteiger partial charge in [-0.3, -0.25) is 0 Å². The minimum atomic E-state index is 0.918. The Balaban J connectivity index is 0.830. The van der Waals surface area contributed by atoms with Crippen molar-refractivity contribution in [3.8, 4) is 44.5 Å². The summed E-state index contributed by atoms with van der Waals surface area (Å²) in [6.07, 6.45) is 8.64. The zero-order valence-electron chi connectivity index (χ0n) is 52.0. The summed E-state index contributed by atoms with van der Waals surface area (Å²) >= 11 is 0. The summed E-state index contributed by atoms with van der Waals surface area (Å²) in [5.74, 6) is 0. The fourth-order valence-electron chi connectivity index (χ4n) is 14.0. The molecule has 0 radical (unpaired) electrons. The van der Waals surface area contributed by atoms with Crippen LogP contribution < -0.4 is 19.6 Å². The molecule has 94 heavy (non-hydrogen) atoms. The van der Waals surface area contributed by atoms with Gasteiger partial charge in [0.05, 0.1) is 11.4 Å². The molecule has 0 heterocycles. The van der Waals surface area contributed by atoms with Crippen LogP contribution in [0.15, 0.2) is 382 Å². The van der Waals surface area contributed by atoms with Crippen LogP contribution in [-0.4, -0.2) is 0 Å². The molecule has 4 heteroatoms. The highest BCUT2D eigenvalue weighted by Crippen LogP contribution is 2.53. The highest BCUT2D eigenvalue weighted by molar-refractivity contribution is 6.18. The van der Waals surface area contributed by atoms with Crippen LogP contribution in [0.1, 0.15) is 12.8 Å². The molecule has 0 aliphatic heterocycles. The van der Waals surface area contributed by atoms with Gasteiger partial charge in [-0.15, -0.1) is 0 Å². The third-order valence-electron chi connectivity index (χ3n) is 18.2. The first-order valence-electron chi connectivity index (χ1n) is 32.5. The maximum Gasteiger partial charge on any atom is 0.0540 e. The van der Waals surface area contributed by atoms with E-state index < -0.39 is 0 Å². The number of benzene rings is 15. The van der Waals surface area contributed by atoms with Crippen LogP contribution >= 0.6 is 0 Å². The Bertz CT molecular complexity index is 5200. The highest BCUT2D eigenvalue weighted by atomic mass is 15.2. The van der Waals surface area contributed by atoms with Crippen molar-refractivity contribution in [1.82, 2.24) is 0 Å². The summed E-state index contributed by atoms with van der Waals surface area (Å²) in [6, 6.07) is 130. The van der Waals surface area contributed by atoms with Crippen LogP contribution in [0.4, 0.5) is 62.6 Å². The Labute approximate surface area is 550 Å². The molecule has 0 unspecified atom stereocenters. The maximum absolute atomic E-state index is 2.45. The largest absolute Gasteiger partial charge is 0.314 e. The second-order valence-electron chi connectivity index (χ2n) is 23.9. The smallest absolute Gasteiger partial charge is 0.0540 e. The van der Waals surface area contributed by atoms with Crippen LogP contribution in [0.25, 0.3) is 76.8 Å². The van der Waals surface area contributed by atoms with E-state index in [1.54, 1.807) is 0 Å². The number of nitrogens with zero attached hydrogens (tertiary/aromatic N) is 4. The van der Waals surface area contributed by atoms with Crippen molar-refractivity contribution in [2.24, 2.45) is 0 Å². The summed E-state index contributed by atoms with van der Waals surface area (Å²) in [6.45, 7) is 0. The van der Waals surface area contributed by atoms with Gasteiger partial charge in [-0.1, -0.05) is 249 Å². The SMILES string of the molecule is C1=CCCC(N(c2ccc(-c3c(-c4ccc(N(c5ccccc5)c5ccc(N(c6ccccc6)c6cccc7ccccc67)cc5)cc4)c(-c4ccccc4)c4ccccc4c3-c3ccccc3)cc2)c2ccc(N(c3ccccc3)c3cccc4ccccc34)cc2)=C1. The predicted molar refractivity (Wildman–Crippen MR) is 400 cm³/mol. The minimum Gasteiger partial charge on any atom is -0.314 e. The van der Waals surface area contributed by atoms with Crippen molar-refractivity contribution in [2.45, 2.75) is 12.8 Å². The van der Waals surface area contributed by atoms with E-state index in [0.717, 1.165) is 97.7 Å². The van der Waals surface area contributed by atoms with Crippen molar-refractivity contribution in [3.05, 3.63) is 382 Å². The Morgan fingerprint density at radius 1 is 0.202 bits per heavy atom. The van der Waals surface area contributed by atoms with Gasteiger partial charge in [-0.05, 0) is 206 Å². The summed E-state index contributed by atoms with van der Waals surface area (Å²) in [5, 5.41) is 7.21. The van der Waals surface area contributed by atoms with Crippen LogP contribution in [0.3, 0.4) is 0 Å². The minimum absolute atomic E-state index is 0.918. The Hall–Kier alpha value is -12.2. The van der Waals surface area contributed by atoms with Crippen LogP contribution in [0.5, 0.6) is 0 Å². The molecule has 0 bridgehead atoms. The average Bonchev–Trinajstić information content (AvgIpc) is 0.728. The van der Waals surface area contributed by atoms with Crippen molar-refractivity contribution < 1.29 is 0 Å². The number of para-hydroxylation sites is 3. The lowest BCUT2D eigenvalue weighted by Gasteiger charge is -2.31. The van der Waals surface area contributed by atoms with E-state index in [1.165, 1.54) is 60.3 Å². The molecule has 1 aliphatic rings. The lowest BCUT2D eigenvalue weighted by Crippen LogP contribution is -2.17. The zero-order valence-corrected chi connectivity index (χ0v) is 52.0. The van der Waals surface area contributed by atoms with Crippen molar-refractivity contribution in [1.29, 1.82) is 0 Å². The molecule has 15 aromatic carbocycles. The molecule has 446 valence electrons. The molecule has 0 amide bonds. The molecule has 15 aromatic rings. The third kappa shape index (κ3) is 10.9. The molecular weight excluding hydrogens is 1140 g/mol. The van der Waals surface area contributed by atoms with Gasteiger partial charge in [-0.2, -0.15) is 0 Å². The first-order chi connectivity index (χ1) is 46.7. The number of anilines is 11. The van der Waals surface area contributed by atoms with Gasteiger partial charge in [0.2, 0.25) is 0 Å². The fraction of sp³-hybridized carbons (Fsp3) is 0.0222. The van der Waals surface area contributed by atoms with Crippen LogP contribution in [0, 0.1) is 0 Å². The molecule has 0 saturated carbocycles. The van der Waals surface area contributed by atoms with Crippen molar-refractivity contribution in [2.75, 3.05) is 19.6 Å². The lowest BCUT2D eigenvalue weighted by atomic mass is 9.79. The first-order valence-corrected chi connectivity index (χ1v) is 32.5. The van der Waals surface area contributed by atoms with E-state index in [0.29, 0.717) is 0 Å². The number of allylic oxidation sites excluding steroid dienone is 4. The summed E-state index contributed by atoms with van der Waals surface area (Å²) < 4.78 is 0. The molecule has 1 aliphatic carbocycles. The molecule has 0 atom stereocenters. The normalized spacial score (nSPS) is 12.0. The van der Waals surface area contributed by atoms with Gasteiger partial charge < -0.3 is 19.6 Å². The van der Waals surface area contributed by atoms with Crippen LogP contribution in [0.2, 0.25) is 0 Å². The molecule has 16 rings (SSSR count). The van der Waals surface area contributed by atoms with E-state index in [2.05, 4.69) is 396 Å². The fourth-order valence-corrected chi connectivity index (χ4v) is 14.0. The summed E-state index contributed by atoms with van der Waals surface area (Å²) in [7, 11) is 0. The second kappa shape index (κ2) is 25.6. The third-order valence-corrected chi connectivity index (χ3v) is 18.2. The predicted octanol–water partition coefficient (Wildman–Crippen LogP) is 25.6. The Morgan fingerprint density at radius 2 is 0.489 bits per heavy atom. The zero-order chi connectivity index (χ0) is 62.6. The second-order valence-corrected chi connectivity index (χ2v) is 23.9. The topological polar surface area (TPSA) is 13.0 Å². The van der Waals surface area contributed by atoms with E-state index >= 15 is 0 Å². The molecule has 0 fully saturated rings. The molecule has 0 saturated heterocycles. The van der Waals surface area contributed by atoms with Gasteiger partial charge >= 0.3 is 0 Å². The molecule has 4 nitrogen and oxygen atoms in total. The first kappa shape index (κ1) is 57.0. The van der Waals surface area contributed by atoms with E-state index in [4.69, 9.17) is 0 Å². The van der Waals surface area contributed by atoms with Crippen molar-refractivity contribution in [3.63, 3.8) is 0 Å². The van der Waals surface area contributed by atoms with Gasteiger partial charge in [0, 0.05) is 67.7 Å². The number of rotatable bonds is 16. The monoisotopic (exact) mass is 1200 g/mol. The number of hydrogen-bond acceptors (Lipinski definition) is 4. The molecular formula is C90H66N4. The van der Waals surface area contributed by atoms with Gasteiger partial charge in [0.1, 0.15) is 0 Å². The molecule has 0 N–H and O–H groups in total. The van der Waals surface area contributed by atoms with Crippen molar-refractivity contribution >= 4 is 94.9 Å². The standard InChI is InChI=1S/C90H66N4/c1-7-29-67(30-8-1)87-83-45-23-24-46-84(83)88(68-31-9-2-10-32-68)90(70-51-55-76(56-52-70)92(72-37-13-4-14-38-72)78-59-63-80(64-60-78)94(74-41-17-6-18-42-74)86-48-26-34-66-28-20-22-44-82(66)86)89(87)69-49-53-75(54-50-69)91(71-35-11-3-12-36-71)77-57-61-79(62-58-77)93(73-39-15-5-16-40-73)85-47-25-33-65-27-19-21-43-81(65)85/h1-13,15-37,39-64H,14,38H2. The molecule has 0 spiro atoms. The highest BCUT2D eigenvalue weighted by Gasteiger charge is 2.27. The Morgan fingerprint density at radius 3 is 0.872 bits per heavy atom. The van der Waals surface area contributed by atoms with Gasteiger partial charge in [0.25, 0.3) is 0 Å². The van der Waals surface area contributed by atoms with E-state index in [9.17, 15) is 0 Å². The maximum atomic E-state index is 2.45. The Kier molecular flexibility index (Phi) is 15.5. The van der Waals surface area contributed by atoms with Crippen LogP contribution in [-0.2, 0) is 0 Å². The number of hydrogen-bond donors (Lipinski definition) is 0. The molecule has 0 aromatic heterocycles. The quantitative estimate of drug-likeness (QED) is 0.0956. The van der Waals surface area contributed by atoms with Gasteiger partial charge in [-0.25, -0.2) is 0 Å². The van der Waals surface area contributed by atoms with E-state index in [-0.39, 0.29) is 0 Å². The summed E-state index contributed by atoms with van der Waals surface area (Å²) in [4.78, 5) is 9.56. The van der Waals surface area contributed by atoms with E-state index in [1.807, 2.05) is 0 Å². The summed E-state index contributed by atoms with van der Waals surface area (Å²) in [5.41, 5.74) is 22.6.